The molecule has 1 saturated carbocycles. The summed E-state index contributed by atoms with van der Waals surface area (Å²) < 4.78 is 9.71. The van der Waals surface area contributed by atoms with Crippen molar-refractivity contribution in [2.45, 2.75) is 51.2 Å². The molecule has 7 nitrogen and oxygen atoms in total. The van der Waals surface area contributed by atoms with Crippen LogP contribution in [0.2, 0.25) is 25.7 Å². The van der Waals surface area contributed by atoms with Gasteiger partial charge in [-0.15, -0.1) is 0 Å². The van der Waals surface area contributed by atoms with Crippen molar-refractivity contribution in [3.63, 3.8) is 0 Å². The van der Waals surface area contributed by atoms with Crippen molar-refractivity contribution in [3.8, 4) is 0 Å². The van der Waals surface area contributed by atoms with E-state index in [1.807, 2.05) is 30.2 Å². The average molecular weight is 385 g/mol. The molecule has 27 heavy (non-hydrogen) atoms. The summed E-state index contributed by atoms with van der Waals surface area (Å²) in [7, 11) is 0.824. The molecule has 1 N–H and O–H groups in total. The van der Waals surface area contributed by atoms with Crippen molar-refractivity contribution >= 4 is 30.9 Å². The number of nitrogens with one attached hydrogen (secondary N) is 1. The van der Waals surface area contributed by atoms with Crippen LogP contribution in [-0.4, -0.2) is 39.0 Å². The molecule has 0 spiro atoms. The molecular weight excluding hydrogens is 356 g/mol. The number of aromatic nitrogens is 5. The van der Waals surface area contributed by atoms with E-state index in [2.05, 4.69) is 41.1 Å². The fourth-order valence-electron chi connectivity index (χ4n) is 3.08. The number of rotatable bonds is 8. The van der Waals surface area contributed by atoms with Gasteiger partial charge in [0.2, 0.25) is 0 Å². The molecule has 144 valence electrons. The molecule has 1 aliphatic carbocycles. The number of anilines is 2. The minimum atomic E-state index is -1.08. The zero-order chi connectivity index (χ0) is 19.0. The zero-order valence-electron chi connectivity index (χ0n) is 16.6. The summed E-state index contributed by atoms with van der Waals surface area (Å²) in [6.07, 6.45) is 6.21. The number of pyridine rings is 1. The fourth-order valence-corrected chi connectivity index (χ4v) is 3.83. The first-order valence-corrected chi connectivity index (χ1v) is 13.3. The van der Waals surface area contributed by atoms with E-state index in [-0.39, 0.29) is 0 Å². The van der Waals surface area contributed by atoms with E-state index in [1.54, 1.807) is 4.68 Å². The summed E-state index contributed by atoms with van der Waals surface area (Å²) >= 11 is 0. The lowest BCUT2D eigenvalue weighted by Crippen LogP contribution is -2.22. The van der Waals surface area contributed by atoms with Crippen LogP contribution in [0.3, 0.4) is 0 Å². The third kappa shape index (κ3) is 4.39. The largest absolute Gasteiger partial charge is 0.361 e. The van der Waals surface area contributed by atoms with E-state index < -0.39 is 8.07 Å². The van der Waals surface area contributed by atoms with Gasteiger partial charge >= 0.3 is 0 Å². The molecule has 0 atom stereocenters. The van der Waals surface area contributed by atoms with Gasteiger partial charge in [0, 0.05) is 34.0 Å². The Balaban J connectivity index is 1.57. The van der Waals surface area contributed by atoms with Crippen molar-refractivity contribution in [3.05, 3.63) is 30.2 Å². The number of fused-ring (bicyclic) bond motifs is 1. The Morgan fingerprint density at radius 3 is 2.74 bits per heavy atom. The Morgan fingerprint density at radius 1 is 1.26 bits per heavy atom. The molecular formula is C19H28N6OSi. The topological polar surface area (TPSA) is 69.8 Å². The lowest BCUT2D eigenvalue weighted by molar-refractivity contribution is 0.0895. The molecule has 0 saturated heterocycles. The third-order valence-corrected chi connectivity index (χ3v) is 6.52. The summed E-state index contributed by atoms with van der Waals surface area (Å²) in [6, 6.07) is 5.23. The van der Waals surface area contributed by atoms with Crippen LogP contribution >= 0.6 is 0 Å². The van der Waals surface area contributed by atoms with E-state index in [0.29, 0.717) is 12.6 Å². The summed E-state index contributed by atoms with van der Waals surface area (Å²) in [5, 5.41) is 7.72. The van der Waals surface area contributed by atoms with Gasteiger partial charge in [0.25, 0.3) is 0 Å². The second-order valence-electron chi connectivity index (χ2n) is 8.61. The van der Waals surface area contributed by atoms with Crippen LogP contribution in [0.25, 0.3) is 11.2 Å². The molecule has 8 heteroatoms. The Kier molecular flexibility index (Phi) is 4.77. The zero-order valence-corrected chi connectivity index (χ0v) is 17.6. The number of hydrogen-bond donors (Lipinski definition) is 1. The van der Waals surface area contributed by atoms with E-state index in [4.69, 9.17) is 9.72 Å². The van der Waals surface area contributed by atoms with Gasteiger partial charge in [-0.2, -0.15) is 5.10 Å². The first-order valence-electron chi connectivity index (χ1n) is 9.59. The van der Waals surface area contributed by atoms with Gasteiger partial charge in [-0.25, -0.2) is 9.97 Å². The molecule has 0 aromatic carbocycles. The summed E-state index contributed by atoms with van der Waals surface area (Å²) in [6.45, 7) is 8.37. The van der Waals surface area contributed by atoms with Gasteiger partial charge < -0.3 is 10.1 Å². The SMILES string of the molecule is Cn1ccc(Nc2cc(C3CC3)c3ncn(COCC[Si](C)(C)C)c3n2)n1. The van der Waals surface area contributed by atoms with Crippen molar-refractivity contribution in [1.29, 1.82) is 0 Å². The van der Waals surface area contributed by atoms with Gasteiger partial charge in [0.1, 0.15) is 18.1 Å². The second kappa shape index (κ2) is 7.08. The first-order chi connectivity index (χ1) is 12.9. The number of aryl methyl sites for hydroxylation is 1. The maximum absolute atomic E-state index is 5.92. The quantitative estimate of drug-likeness (QED) is 0.468. The highest BCUT2D eigenvalue weighted by Gasteiger charge is 2.28. The Hall–Kier alpha value is -2.19. The monoisotopic (exact) mass is 384 g/mol. The Bertz CT molecular complexity index is 937. The van der Waals surface area contributed by atoms with Crippen molar-refractivity contribution in [1.82, 2.24) is 24.3 Å². The minimum Gasteiger partial charge on any atom is -0.361 e. The molecule has 0 unspecified atom stereocenters. The molecule has 3 aromatic rings. The van der Waals surface area contributed by atoms with Gasteiger partial charge in [-0.1, -0.05) is 19.6 Å². The van der Waals surface area contributed by atoms with Crippen LogP contribution in [0.1, 0.15) is 24.3 Å². The van der Waals surface area contributed by atoms with E-state index in [1.165, 1.54) is 18.4 Å². The molecule has 0 radical (unpaired) electrons. The highest BCUT2D eigenvalue weighted by molar-refractivity contribution is 6.76. The predicted molar refractivity (Wildman–Crippen MR) is 110 cm³/mol. The molecule has 0 amide bonds. The Morgan fingerprint density at radius 2 is 2.07 bits per heavy atom. The van der Waals surface area contributed by atoms with Crippen LogP contribution in [0.15, 0.2) is 24.7 Å². The number of nitrogens with zero attached hydrogens (tertiary/aromatic N) is 5. The number of ether oxygens (including phenoxy) is 1. The van der Waals surface area contributed by atoms with Gasteiger partial charge in [0.15, 0.2) is 11.5 Å². The smallest absolute Gasteiger partial charge is 0.164 e. The van der Waals surface area contributed by atoms with Crippen LogP contribution in [0.5, 0.6) is 0 Å². The lowest BCUT2D eigenvalue weighted by atomic mass is 10.1. The number of imidazole rings is 1. The highest BCUT2D eigenvalue weighted by Crippen LogP contribution is 2.43. The predicted octanol–water partition coefficient (Wildman–Crippen LogP) is 4.10. The maximum atomic E-state index is 5.92. The van der Waals surface area contributed by atoms with E-state index in [0.717, 1.165) is 35.5 Å². The standard InChI is InChI=1S/C19H28N6OSi/c1-24-8-7-16(23-24)21-17-11-15(14-5-6-14)18-19(22-17)25(12-20-18)13-26-9-10-27(2,3)4/h7-8,11-12,14H,5-6,9-10,13H2,1-4H3,(H,21,22,23). The van der Waals surface area contributed by atoms with Gasteiger partial charge in [0.05, 0.1) is 6.33 Å². The minimum absolute atomic E-state index is 0.491. The van der Waals surface area contributed by atoms with E-state index >= 15 is 0 Å². The maximum Gasteiger partial charge on any atom is 0.164 e. The summed E-state index contributed by atoms with van der Waals surface area (Å²) in [5.74, 6) is 2.20. The molecule has 1 aliphatic rings. The van der Waals surface area contributed by atoms with Crippen molar-refractivity contribution < 1.29 is 4.74 Å². The van der Waals surface area contributed by atoms with Gasteiger partial charge in [-0.05, 0) is 36.4 Å². The number of hydrogen-bond acceptors (Lipinski definition) is 5. The molecule has 3 heterocycles. The van der Waals surface area contributed by atoms with Crippen LogP contribution in [0, 0.1) is 0 Å². The molecule has 0 aliphatic heterocycles. The van der Waals surface area contributed by atoms with Crippen LogP contribution in [0.4, 0.5) is 11.6 Å². The summed E-state index contributed by atoms with van der Waals surface area (Å²) in [5.41, 5.74) is 3.16. The third-order valence-electron chi connectivity index (χ3n) is 4.82. The van der Waals surface area contributed by atoms with Crippen LogP contribution in [-0.2, 0) is 18.5 Å². The van der Waals surface area contributed by atoms with Crippen molar-refractivity contribution in [2.24, 2.45) is 7.05 Å². The molecule has 4 rings (SSSR count). The van der Waals surface area contributed by atoms with Crippen molar-refractivity contribution in [2.75, 3.05) is 11.9 Å². The molecule has 3 aromatic heterocycles. The average Bonchev–Trinajstić information content (AvgIpc) is 3.25. The Labute approximate surface area is 160 Å². The first kappa shape index (κ1) is 18.2. The second-order valence-corrected chi connectivity index (χ2v) is 14.2. The summed E-state index contributed by atoms with van der Waals surface area (Å²) in [4.78, 5) is 9.45. The molecule has 0 bridgehead atoms. The highest BCUT2D eigenvalue weighted by atomic mass is 28.3. The molecule has 1 fully saturated rings. The van der Waals surface area contributed by atoms with E-state index in [9.17, 15) is 0 Å². The normalized spacial score (nSPS) is 14.8. The fraction of sp³-hybridized carbons (Fsp3) is 0.526. The lowest BCUT2D eigenvalue weighted by Gasteiger charge is -2.15. The van der Waals surface area contributed by atoms with Crippen LogP contribution < -0.4 is 5.32 Å². The van der Waals surface area contributed by atoms with Gasteiger partial charge in [-0.3, -0.25) is 9.25 Å².